The predicted molar refractivity (Wildman–Crippen MR) is 202 cm³/mol. The summed E-state index contributed by atoms with van der Waals surface area (Å²) in [4.78, 5) is 0. The summed E-state index contributed by atoms with van der Waals surface area (Å²) in [5.74, 6) is 3.20. The highest BCUT2D eigenvalue weighted by molar-refractivity contribution is 7.01. The molecule has 0 atom stereocenters. The second-order valence-electron chi connectivity index (χ2n) is 14.2. The Morgan fingerprint density at radius 1 is 0.460 bits per heavy atom. The molecule has 0 amide bonds. The minimum Gasteiger partial charge on any atom is -0.458 e. The lowest BCUT2D eigenvalue weighted by molar-refractivity contribution is 0.487. The third kappa shape index (κ3) is 2.97. The number of fused-ring (bicyclic) bond motifs is 8. The highest BCUT2D eigenvalue weighted by Crippen LogP contribution is 2.48. The fraction of sp³-hybridized carbons (Fsp3) is 0.0455. The summed E-state index contributed by atoms with van der Waals surface area (Å²) in [6.45, 7) is 4.38. The van der Waals surface area contributed by atoms with Gasteiger partial charge in [0.15, 0.2) is 0 Å². The molecule has 0 radical (unpaired) electrons. The normalized spacial score (nSPS) is 13.6. The van der Waals surface area contributed by atoms with Crippen LogP contribution in [0.4, 0.5) is 0 Å². The van der Waals surface area contributed by atoms with Crippen molar-refractivity contribution in [1.82, 2.24) is 0 Å². The zero-order valence-electron chi connectivity index (χ0n) is 27.1. The van der Waals surface area contributed by atoms with Crippen molar-refractivity contribution in [3.05, 3.63) is 119 Å². The quantitative estimate of drug-likeness (QED) is 0.149. The van der Waals surface area contributed by atoms with Crippen LogP contribution in [0.2, 0.25) is 0 Å². The van der Waals surface area contributed by atoms with Crippen molar-refractivity contribution >= 4 is 78.5 Å². The fourth-order valence-electron chi connectivity index (χ4n) is 9.90. The van der Waals surface area contributed by atoms with Crippen LogP contribution in [-0.4, -0.2) is 13.4 Å². The summed E-state index contributed by atoms with van der Waals surface area (Å²) in [6.07, 6.45) is 0. The van der Waals surface area contributed by atoms with Gasteiger partial charge in [0.2, 0.25) is 0 Å². The van der Waals surface area contributed by atoms with E-state index in [1.165, 1.54) is 54.4 Å². The Kier molecular flexibility index (Phi) is 4.63. The summed E-state index contributed by atoms with van der Waals surface area (Å²) in [6, 6.07) is 39.0. The summed E-state index contributed by atoms with van der Waals surface area (Å²) < 4.78 is 13.1. The smallest absolute Gasteiger partial charge is 0.252 e. The lowest BCUT2D eigenvalue weighted by Gasteiger charge is -2.37. The van der Waals surface area contributed by atoms with E-state index in [9.17, 15) is 10.5 Å². The van der Waals surface area contributed by atoms with Gasteiger partial charge in [-0.3, -0.25) is 0 Å². The molecule has 0 N–H and O–H groups in total. The fourth-order valence-corrected chi connectivity index (χ4v) is 9.90. The van der Waals surface area contributed by atoms with E-state index in [0.29, 0.717) is 11.1 Å². The molecule has 0 fully saturated rings. The molecule has 0 aliphatic carbocycles. The van der Waals surface area contributed by atoms with Gasteiger partial charge in [0.05, 0.1) is 23.3 Å². The van der Waals surface area contributed by atoms with Crippen molar-refractivity contribution in [2.24, 2.45) is 0 Å². The van der Waals surface area contributed by atoms with Crippen molar-refractivity contribution in [1.29, 1.82) is 10.5 Å². The molecule has 50 heavy (non-hydrogen) atoms. The van der Waals surface area contributed by atoms with Gasteiger partial charge in [-0.05, 0) is 138 Å². The molecule has 4 aliphatic rings. The molecular formula is C44H22B2N2O2. The highest BCUT2D eigenvalue weighted by Gasteiger charge is 2.43. The molecule has 4 aliphatic heterocycles. The average molecular weight is 632 g/mol. The van der Waals surface area contributed by atoms with Gasteiger partial charge in [-0.15, -0.1) is 0 Å². The Morgan fingerprint density at radius 3 is 1.34 bits per heavy atom. The Hall–Kier alpha value is -6.49. The van der Waals surface area contributed by atoms with E-state index in [-0.39, 0.29) is 13.4 Å². The lowest BCUT2D eigenvalue weighted by atomic mass is 9.32. The van der Waals surface area contributed by atoms with Gasteiger partial charge in [0.25, 0.3) is 13.4 Å². The van der Waals surface area contributed by atoms with Crippen molar-refractivity contribution in [2.45, 2.75) is 13.8 Å². The van der Waals surface area contributed by atoms with E-state index >= 15 is 0 Å². The number of aryl methyl sites for hydroxylation is 2. The van der Waals surface area contributed by atoms with E-state index in [2.05, 4.69) is 86.6 Å². The number of hydrogen-bond donors (Lipinski definition) is 0. The van der Waals surface area contributed by atoms with Crippen LogP contribution in [0.1, 0.15) is 22.3 Å². The van der Waals surface area contributed by atoms with Crippen LogP contribution in [0.5, 0.6) is 23.0 Å². The molecule has 0 bridgehead atoms. The average Bonchev–Trinajstić information content (AvgIpc) is 3.14. The Labute approximate surface area is 288 Å². The standard InChI is InChI=1S/C44H22B2N2O2/c1-21-11-27-29-13-23(19-47)15-37-43(29)46(32-8-4-6-10-36(32)49-37)34-18-26-22(2)12-28-30-14-24(20-48)16-38-44(30)45(31-7-3-5-9-35(31)50-38)33-17-25(21)41(39(27)34)42(26)40(28)33/h3-18H,1-2H3. The number of rotatable bonds is 0. The maximum atomic E-state index is 10.2. The number of nitriles is 2. The molecule has 8 aromatic carbocycles. The van der Waals surface area contributed by atoms with E-state index in [1.807, 2.05) is 36.4 Å². The van der Waals surface area contributed by atoms with Crippen LogP contribution in [0.25, 0.3) is 54.6 Å². The molecule has 0 unspecified atom stereocenters. The molecule has 8 aromatic rings. The SMILES string of the molecule is Cc1cc2c3c(cc4c(C)cc5c6c(cc1c3c46)B1c3ccccc3Oc3cc(C#N)cc-5c31)B1c3ccccc3Oc3cc(C#N)cc-2c31. The van der Waals surface area contributed by atoms with E-state index in [4.69, 9.17) is 9.47 Å². The van der Waals surface area contributed by atoms with Crippen molar-refractivity contribution < 1.29 is 9.47 Å². The third-order valence-corrected chi connectivity index (χ3v) is 11.8. The largest absolute Gasteiger partial charge is 0.458 e. The zero-order chi connectivity index (χ0) is 33.2. The summed E-state index contributed by atoms with van der Waals surface area (Å²) in [5, 5.41) is 27.9. The molecule has 0 aromatic heterocycles. The van der Waals surface area contributed by atoms with Gasteiger partial charge < -0.3 is 9.47 Å². The van der Waals surface area contributed by atoms with Gasteiger partial charge in [-0.2, -0.15) is 10.5 Å². The van der Waals surface area contributed by atoms with E-state index in [1.54, 1.807) is 0 Å². The maximum Gasteiger partial charge on any atom is 0.252 e. The van der Waals surface area contributed by atoms with Crippen LogP contribution in [0, 0.1) is 36.5 Å². The molecule has 12 rings (SSSR count). The molecule has 4 heterocycles. The first-order valence-electron chi connectivity index (χ1n) is 17.0. The maximum absolute atomic E-state index is 10.2. The van der Waals surface area contributed by atoms with Gasteiger partial charge in [0, 0.05) is 0 Å². The minimum atomic E-state index is -0.0326. The number of benzene rings is 8. The van der Waals surface area contributed by atoms with Gasteiger partial charge >= 0.3 is 0 Å². The van der Waals surface area contributed by atoms with Crippen LogP contribution in [-0.2, 0) is 0 Å². The van der Waals surface area contributed by atoms with Crippen molar-refractivity contribution in [3.8, 4) is 57.4 Å². The van der Waals surface area contributed by atoms with Crippen LogP contribution < -0.4 is 42.3 Å². The van der Waals surface area contributed by atoms with Crippen molar-refractivity contribution in [2.75, 3.05) is 0 Å². The van der Waals surface area contributed by atoms with Crippen molar-refractivity contribution in [3.63, 3.8) is 0 Å². The number of para-hydroxylation sites is 2. The van der Waals surface area contributed by atoms with E-state index in [0.717, 1.165) is 67.1 Å². The first kappa shape index (κ1) is 26.5. The topological polar surface area (TPSA) is 66.0 Å². The lowest BCUT2D eigenvalue weighted by Crippen LogP contribution is -2.58. The monoisotopic (exact) mass is 632 g/mol. The molecule has 226 valence electrons. The molecule has 6 heteroatoms. The Balaban J connectivity index is 1.31. The minimum absolute atomic E-state index is 0.0326. The summed E-state index contributed by atoms with van der Waals surface area (Å²) in [7, 11) is 0. The Bertz CT molecular complexity index is 2850. The predicted octanol–water partition coefficient (Wildman–Crippen LogP) is 6.15. The first-order valence-corrected chi connectivity index (χ1v) is 17.0. The van der Waals surface area contributed by atoms with Gasteiger partial charge in [-0.25, -0.2) is 0 Å². The van der Waals surface area contributed by atoms with Crippen LogP contribution in [0.15, 0.2) is 97.1 Å². The molecular weight excluding hydrogens is 610 g/mol. The molecule has 4 nitrogen and oxygen atoms in total. The first-order chi connectivity index (χ1) is 24.5. The molecule has 0 saturated heterocycles. The third-order valence-electron chi connectivity index (χ3n) is 11.8. The second-order valence-corrected chi connectivity index (χ2v) is 14.2. The molecule has 0 saturated carbocycles. The van der Waals surface area contributed by atoms with Crippen LogP contribution >= 0.6 is 0 Å². The highest BCUT2D eigenvalue weighted by atomic mass is 16.5. The number of ether oxygens (including phenoxy) is 2. The summed E-state index contributed by atoms with van der Waals surface area (Å²) >= 11 is 0. The second kappa shape index (κ2) is 8.75. The van der Waals surface area contributed by atoms with Gasteiger partial charge in [-0.1, -0.05) is 71.6 Å². The number of nitrogens with zero attached hydrogens (tertiary/aromatic N) is 2. The zero-order valence-corrected chi connectivity index (χ0v) is 27.1. The van der Waals surface area contributed by atoms with Crippen LogP contribution in [0.3, 0.4) is 0 Å². The Morgan fingerprint density at radius 2 is 0.900 bits per heavy atom. The summed E-state index contributed by atoms with van der Waals surface area (Å²) in [5.41, 5.74) is 15.2. The number of hydrogen-bond acceptors (Lipinski definition) is 4. The molecule has 0 spiro atoms. The van der Waals surface area contributed by atoms with E-state index < -0.39 is 0 Å². The van der Waals surface area contributed by atoms with Gasteiger partial charge in [0.1, 0.15) is 23.0 Å².